The summed E-state index contributed by atoms with van der Waals surface area (Å²) in [7, 11) is 0. The summed E-state index contributed by atoms with van der Waals surface area (Å²) in [5, 5.41) is 3.60. The van der Waals surface area contributed by atoms with Crippen LogP contribution >= 0.6 is 0 Å². The zero-order valence-corrected chi connectivity index (χ0v) is 14.1. The molecule has 1 saturated heterocycles. The Kier molecular flexibility index (Phi) is 7.68. The largest absolute Gasteiger partial charge is 0.463 e. The summed E-state index contributed by atoms with van der Waals surface area (Å²) in [4.78, 5) is 36.6. The zero-order valence-electron chi connectivity index (χ0n) is 14.1. The third kappa shape index (κ3) is 5.96. The highest BCUT2D eigenvalue weighted by Gasteiger charge is 2.49. The fourth-order valence-electron chi connectivity index (χ4n) is 2.40. The van der Waals surface area contributed by atoms with Gasteiger partial charge < -0.3 is 18.9 Å². The number of carbonyl (C=O) groups is 3. The Morgan fingerprint density at radius 3 is 2.28 bits per heavy atom. The predicted molar refractivity (Wildman–Crippen MR) is 83.0 cm³/mol. The van der Waals surface area contributed by atoms with Crippen LogP contribution in [0, 0.1) is 0 Å². The lowest BCUT2D eigenvalue weighted by Crippen LogP contribution is -2.59. The van der Waals surface area contributed by atoms with Crippen LogP contribution in [0.15, 0.2) is 23.5 Å². The van der Waals surface area contributed by atoms with Crippen LogP contribution in [0.1, 0.15) is 20.8 Å². The third-order valence-corrected chi connectivity index (χ3v) is 3.22. The molecule has 0 aliphatic carbocycles. The van der Waals surface area contributed by atoms with E-state index in [4.69, 9.17) is 24.5 Å². The molecule has 1 rings (SSSR count). The SMILES string of the molecule is C=C=C[C@H]1O[C@H](COC(C)=O)[C@H](OC(C)=O)C(N=[N+]=[N-])[C@H]1OC(C)=O. The second kappa shape index (κ2) is 9.48. The lowest BCUT2D eigenvalue weighted by Gasteiger charge is -2.42. The summed E-state index contributed by atoms with van der Waals surface area (Å²) >= 11 is 0. The van der Waals surface area contributed by atoms with Crippen molar-refractivity contribution in [2.45, 2.75) is 51.2 Å². The smallest absolute Gasteiger partial charge is 0.303 e. The fourth-order valence-corrected chi connectivity index (χ4v) is 2.40. The molecule has 1 heterocycles. The van der Waals surface area contributed by atoms with Crippen LogP contribution in [0.2, 0.25) is 0 Å². The monoisotopic (exact) mass is 353 g/mol. The average Bonchev–Trinajstić information content (AvgIpc) is 2.50. The van der Waals surface area contributed by atoms with E-state index in [2.05, 4.69) is 22.3 Å². The van der Waals surface area contributed by atoms with Crippen LogP contribution in [-0.4, -0.2) is 55.0 Å². The lowest BCUT2D eigenvalue weighted by molar-refractivity contribution is -0.208. The van der Waals surface area contributed by atoms with Gasteiger partial charge in [-0.15, -0.1) is 5.73 Å². The minimum atomic E-state index is -1.12. The van der Waals surface area contributed by atoms with Crippen molar-refractivity contribution in [2.75, 3.05) is 6.61 Å². The zero-order chi connectivity index (χ0) is 19.0. The maximum absolute atomic E-state index is 11.4. The van der Waals surface area contributed by atoms with Crippen molar-refractivity contribution in [1.82, 2.24) is 0 Å². The molecule has 0 bridgehead atoms. The Hall–Kier alpha value is -2.80. The molecular formula is C15H19N3O7. The minimum Gasteiger partial charge on any atom is -0.463 e. The number of esters is 3. The molecule has 0 spiro atoms. The van der Waals surface area contributed by atoms with E-state index >= 15 is 0 Å². The molecule has 136 valence electrons. The first kappa shape index (κ1) is 20.2. The van der Waals surface area contributed by atoms with Crippen molar-refractivity contribution < 1.29 is 33.3 Å². The van der Waals surface area contributed by atoms with Gasteiger partial charge in [0.25, 0.3) is 0 Å². The Balaban J connectivity index is 3.27. The van der Waals surface area contributed by atoms with Crippen LogP contribution < -0.4 is 0 Å². The standard InChI is InChI=1S/C15H19N3O7/c1-5-6-11-14(23-9(3)20)13(17-18-16)15(24-10(4)21)12(25-11)7-22-8(2)19/h6,11-15H,1,7H2,2-4H3/t11-,12-,13?,14+,15+/m1/s1. The molecule has 1 aliphatic heterocycles. The molecule has 1 unspecified atom stereocenters. The maximum atomic E-state index is 11.4. The molecule has 0 amide bonds. The molecule has 10 heteroatoms. The minimum absolute atomic E-state index is 0.251. The third-order valence-electron chi connectivity index (χ3n) is 3.22. The van der Waals surface area contributed by atoms with E-state index in [9.17, 15) is 14.4 Å². The van der Waals surface area contributed by atoms with Gasteiger partial charge in [0.2, 0.25) is 0 Å². The van der Waals surface area contributed by atoms with Gasteiger partial charge in [-0.1, -0.05) is 11.7 Å². The van der Waals surface area contributed by atoms with Gasteiger partial charge in [-0.25, -0.2) is 0 Å². The number of ether oxygens (including phenoxy) is 4. The number of hydrogen-bond acceptors (Lipinski definition) is 8. The van der Waals surface area contributed by atoms with Crippen LogP contribution in [-0.2, 0) is 33.3 Å². The second-order valence-corrected chi connectivity index (χ2v) is 5.16. The lowest BCUT2D eigenvalue weighted by atomic mass is 9.92. The molecule has 5 atom stereocenters. The Bertz CT molecular complexity index is 623. The molecule has 0 aromatic carbocycles. The Labute approximate surface area is 144 Å². The highest BCUT2D eigenvalue weighted by atomic mass is 16.6. The van der Waals surface area contributed by atoms with Crippen LogP contribution in [0.25, 0.3) is 10.4 Å². The number of carbonyl (C=O) groups excluding carboxylic acids is 3. The van der Waals surface area contributed by atoms with Crippen molar-refractivity contribution in [2.24, 2.45) is 5.11 Å². The van der Waals surface area contributed by atoms with Gasteiger partial charge in [-0.3, -0.25) is 14.4 Å². The second-order valence-electron chi connectivity index (χ2n) is 5.16. The molecule has 25 heavy (non-hydrogen) atoms. The topological polar surface area (TPSA) is 137 Å². The molecule has 0 saturated carbocycles. The summed E-state index contributed by atoms with van der Waals surface area (Å²) in [5.74, 6) is -1.88. The van der Waals surface area contributed by atoms with Crippen molar-refractivity contribution in [3.8, 4) is 0 Å². The highest BCUT2D eigenvalue weighted by molar-refractivity contribution is 5.67. The van der Waals surface area contributed by atoms with Gasteiger partial charge in [0.15, 0.2) is 0 Å². The molecule has 10 nitrogen and oxygen atoms in total. The van der Waals surface area contributed by atoms with Gasteiger partial charge in [-0.05, 0) is 11.6 Å². The molecule has 1 fully saturated rings. The van der Waals surface area contributed by atoms with E-state index in [1.54, 1.807) is 0 Å². The van der Waals surface area contributed by atoms with E-state index < -0.39 is 48.4 Å². The summed E-state index contributed by atoms with van der Waals surface area (Å²) in [6.07, 6.45) is -2.64. The first-order valence-electron chi connectivity index (χ1n) is 7.33. The van der Waals surface area contributed by atoms with E-state index in [1.165, 1.54) is 19.9 Å². The van der Waals surface area contributed by atoms with Crippen LogP contribution in [0.5, 0.6) is 0 Å². The van der Waals surface area contributed by atoms with Crippen molar-refractivity contribution in [1.29, 1.82) is 0 Å². The molecule has 1 aliphatic rings. The summed E-state index contributed by atoms with van der Waals surface area (Å²) < 4.78 is 21.0. The fraction of sp³-hybridized carbons (Fsp3) is 0.600. The molecular weight excluding hydrogens is 334 g/mol. The average molecular weight is 353 g/mol. The van der Waals surface area contributed by atoms with Crippen molar-refractivity contribution in [3.05, 3.63) is 28.8 Å². The molecule has 0 radical (unpaired) electrons. The normalized spacial score (nSPS) is 27.9. The van der Waals surface area contributed by atoms with Gasteiger partial charge in [0, 0.05) is 25.7 Å². The Morgan fingerprint density at radius 1 is 1.20 bits per heavy atom. The van der Waals surface area contributed by atoms with E-state index in [1.807, 2.05) is 0 Å². The first-order chi connectivity index (χ1) is 11.8. The Morgan fingerprint density at radius 2 is 1.80 bits per heavy atom. The van der Waals surface area contributed by atoms with Gasteiger partial charge in [-0.2, -0.15) is 0 Å². The van der Waals surface area contributed by atoms with Crippen molar-refractivity contribution >= 4 is 17.9 Å². The number of nitrogens with zero attached hydrogens (tertiary/aromatic N) is 3. The van der Waals surface area contributed by atoms with Crippen LogP contribution in [0.3, 0.4) is 0 Å². The summed E-state index contributed by atoms with van der Waals surface area (Å²) in [5.41, 5.74) is 11.4. The number of azide groups is 1. The molecule has 0 N–H and O–H groups in total. The summed E-state index contributed by atoms with van der Waals surface area (Å²) in [6, 6.07) is -1.10. The van der Waals surface area contributed by atoms with Gasteiger partial charge in [0.1, 0.15) is 37.1 Å². The molecule has 0 aromatic heterocycles. The van der Waals surface area contributed by atoms with Gasteiger partial charge in [0.05, 0.1) is 0 Å². The molecule has 0 aromatic rings. The van der Waals surface area contributed by atoms with Crippen LogP contribution in [0.4, 0.5) is 0 Å². The van der Waals surface area contributed by atoms with E-state index in [0.717, 1.165) is 6.92 Å². The van der Waals surface area contributed by atoms with E-state index in [-0.39, 0.29) is 6.61 Å². The predicted octanol–water partition coefficient (Wildman–Crippen LogP) is 1.20. The number of hydrogen-bond donors (Lipinski definition) is 0. The number of rotatable bonds is 6. The maximum Gasteiger partial charge on any atom is 0.303 e. The first-order valence-corrected chi connectivity index (χ1v) is 7.33. The summed E-state index contributed by atoms with van der Waals surface area (Å²) in [6.45, 7) is 6.72. The van der Waals surface area contributed by atoms with Crippen molar-refractivity contribution in [3.63, 3.8) is 0 Å². The van der Waals surface area contributed by atoms with Gasteiger partial charge >= 0.3 is 17.9 Å². The van der Waals surface area contributed by atoms with E-state index in [0.29, 0.717) is 0 Å². The highest BCUT2D eigenvalue weighted by Crippen LogP contribution is 2.29. The quantitative estimate of drug-likeness (QED) is 0.175.